The van der Waals surface area contributed by atoms with Crippen molar-refractivity contribution in [2.24, 2.45) is 28.6 Å². The number of carbonyl (C=O) groups excluding carboxylic acids is 2. The van der Waals surface area contributed by atoms with Crippen LogP contribution in [0, 0.1) is 28.6 Å². The fourth-order valence-corrected chi connectivity index (χ4v) is 10.2. The predicted octanol–water partition coefficient (Wildman–Crippen LogP) is 3.15. The minimum absolute atomic E-state index is 0.0593. The summed E-state index contributed by atoms with van der Waals surface area (Å²) in [6.07, 6.45) is 1.06. The normalized spacial score (nSPS) is 39.9. The van der Waals surface area contributed by atoms with Crippen LogP contribution in [0.15, 0.2) is 50.9 Å². The number of phenolic OH excluding ortho intramolecular Hbond substituents is 2. The number of rotatable bonds is 4. The minimum Gasteiger partial charge on any atom is -0.508 e. The monoisotopic (exact) mass is 652 g/mol. The lowest BCUT2D eigenvalue weighted by molar-refractivity contribution is -0.316. The molecule has 0 amide bonds. The molecule has 11 heteroatoms. The Labute approximate surface area is 272 Å². The molecule has 0 saturated heterocycles. The maximum absolute atomic E-state index is 14.7. The number of phenols is 2. The number of aliphatic hydroxyl groups is 4. The zero-order valence-corrected chi connectivity index (χ0v) is 27.5. The van der Waals surface area contributed by atoms with E-state index in [9.17, 15) is 45.0 Å². The Balaban J connectivity index is 1.65. The largest absolute Gasteiger partial charge is 0.508 e. The predicted molar refractivity (Wildman–Crippen MR) is 169 cm³/mol. The number of hydrogen-bond donors (Lipinski definition) is 6. The first-order valence-electron chi connectivity index (χ1n) is 16.1. The second-order valence-electron chi connectivity index (χ2n) is 15.4. The van der Waals surface area contributed by atoms with Crippen LogP contribution in [0.25, 0.3) is 11.0 Å². The Morgan fingerprint density at radius 3 is 2.34 bits per heavy atom. The average Bonchev–Trinajstić information content (AvgIpc) is 2.95. The third-order valence-electron chi connectivity index (χ3n) is 12.5. The molecule has 0 unspecified atom stereocenters. The summed E-state index contributed by atoms with van der Waals surface area (Å²) in [6.45, 7) is 8.82. The van der Waals surface area contributed by atoms with E-state index in [4.69, 9.17) is 9.15 Å². The van der Waals surface area contributed by atoms with Crippen LogP contribution in [-0.2, 0) is 19.7 Å². The third kappa shape index (κ3) is 4.35. The van der Waals surface area contributed by atoms with E-state index >= 15 is 0 Å². The lowest BCUT2D eigenvalue weighted by Gasteiger charge is -2.68. The van der Waals surface area contributed by atoms with Gasteiger partial charge in [-0.15, -0.1) is 0 Å². The third-order valence-corrected chi connectivity index (χ3v) is 12.5. The van der Waals surface area contributed by atoms with E-state index in [2.05, 4.69) is 0 Å². The lowest BCUT2D eigenvalue weighted by atomic mass is 9.40. The highest BCUT2D eigenvalue weighted by Gasteiger charge is 2.72. The van der Waals surface area contributed by atoms with Crippen molar-refractivity contribution in [3.63, 3.8) is 0 Å². The summed E-state index contributed by atoms with van der Waals surface area (Å²) in [5.41, 5.74) is -8.28. The van der Waals surface area contributed by atoms with Gasteiger partial charge < -0.3 is 39.8 Å². The summed E-state index contributed by atoms with van der Waals surface area (Å²) in [6, 6.07) is 3.18. The van der Waals surface area contributed by atoms with Crippen molar-refractivity contribution in [3.05, 3.63) is 57.7 Å². The van der Waals surface area contributed by atoms with E-state index < -0.39 is 80.0 Å². The van der Waals surface area contributed by atoms with Gasteiger partial charge in [-0.3, -0.25) is 14.4 Å². The van der Waals surface area contributed by atoms with Gasteiger partial charge in [-0.25, -0.2) is 0 Å². The van der Waals surface area contributed by atoms with Crippen LogP contribution in [0.3, 0.4) is 0 Å². The molecule has 0 radical (unpaired) electrons. The molecule has 6 N–H and O–H groups in total. The molecular formula is C36H44O11. The van der Waals surface area contributed by atoms with Gasteiger partial charge in [-0.2, -0.15) is 0 Å². The molecular weight excluding hydrogens is 608 g/mol. The van der Waals surface area contributed by atoms with Gasteiger partial charge in [0.2, 0.25) is 5.78 Å². The van der Waals surface area contributed by atoms with Gasteiger partial charge in [0.25, 0.3) is 0 Å². The molecule has 1 aromatic carbocycles. The number of hydrogen-bond acceptors (Lipinski definition) is 11. The first-order chi connectivity index (χ1) is 21.8. The fourth-order valence-electron chi connectivity index (χ4n) is 10.2. The summed E-state index contributed by atoms with van der Waals surface area (Å²) in [5, 5.41) is 68.3. The standard InChI is InChI=1S/C36H44O11/c1-17-7-8-20-31(43)25(46-6)12-28(42)36(20,29-11-23(40)30-22(39)9-18(37)10-24(30)47-29)21(17)16-35(45)33(4)15-19(38)14-32(2,3)26(33)13-27(41)34(35,5)44/h7,9-12,19-21,26-27,37-39,41,44-45H,8,13-16H2,1-6H3/t19-,20-,21+,26-,27-,33-,34+,35-,36-/m0/s1. The molecule has 2 saturated carbocycles. The van der Waals surface area contributed by atoms with E-state index in [-0.39, 0.29) is 54.1 Å². The van der Waals surface area contributed by atoms with Crippen LogP contribution in [0.2, 0.25) is 0 Å². The molecule has 0 aliphatic heterocycles. The minimum atomic E-state index is -2.14. The highest BCUT2D eigenvalue weighted by atomic mass is 16.5. The molecule has 254 valence electrons. The number of allylic oxidation sites excluding steroid dienone is 4. The first kappa shape index (κ1) is 33.4. The Morgan fingerprint density at radius 1 is 1.00 bits per heavy atom. The molecule has 11 nitrogen and oxygen atoms in total. The van der Waals surface area contributed by atoms with Gasteiger partial charge >= 0.3 is 0 Å². The Kier molecular flexibility index (Phi) is 7.46. The van der Waals surface area contributed by atoms with Gasteiger partial charge in [-0.1, -0.05) is 32.4 Å². The summed E-state index contributed by atoms with van der Waals surface area (Å²) in [4.78, 5) is 42.3. The van der Waals surface area contributed by atoms with Crippen molar-refractivity contribution < 1.29 is 49.4 Å². The van der Waals surface area contributed by atoms with Gasteiger partial charge in [0.1, 0.15) is 44.8 Å². The van der Waals surface area contributed by atoms with Crippen LogP contribution in [0.1, 0.15) is 72.5 Å². The average molecular weight is 653 g/mol. The van der Waals surface area contributed by atoms with E-state index in [0.717, 1.165) is 24.3 Å². The number of aromatic hydroxyl groups is 2. The Hall–Kier alpha value is -3.51. The number of carbonyl (C=O) groups is 2. The van der Waals surface area contributed by atoms with Crippen molar-refractivity contribution in [3.8, 4) is 11.5 Å². The SMILES string of the molecule is COC1=CC(=O)[C@@]2(c3cc(=O)c4c(O)cc(O)cc4o3)[C@H](C[C@]3(O)[C@@]4(C)C[C@@H](O)CC(C)(C)[C@@H]4C[C@H](O)[C@@]3(C)O)C(C)=CC[C@H]2C1=O. The van der Waals surface area contributed by atoms with Crippen molar-refractivity contribution in [1.29, 1.82) is 0 Å². The topological polar surface area (TPSA) is 195 Å². The quantitative estimate of drug-likeness (QED) is 0.266. The van der Waals surface area contributed by atoms with Crippen LogP contribution < -0.4 is 5.43 Å². The molecule has 9 atom stereocenters. The number of fused-ring (bicyclic) bond motifs is 3. The second kappa shape index (κ2) is 10.5. The lowest BCUT2D eigenvalue weighted by Crippen LogP contribution is -2.76. The molecule has 1 aromatic heterocycles. The molecule has 4 aliphatic carbocycles. The van der Waals surface area contributed by atoms with Crippen LogP contribution in [0.4, 0.5) is 0 Å². The molecule has 0 spiro atoms. The smallest absolute Gasteiger partial charge is 0.202 e. The number of Topliss-reactive ketones (excluding diaryl/α,β-unsaturated/α-hetero) is 1. The Morgan fingerprint density at radius 2 is 1.68 bits per heavy atom. The zero-order chi connectivity index (χ0) is 34.6. The molecule has 2 fully saturated rings. The number of benzene rings is 1. The summed E-state index contributed by atoms with van der Waals surface area (Å²) >= 11 is 0. The van der Waals surface area contributed by atoms with E-state index in [1.165, 1.54) is 14.0 Å². The van der Waals surface area contributed by atoms with E-state index in [0.29, 0.717) is 12.0 Å². The molecule has 6 rings (SSSR count). The van der Waals surface area contributed by atoms with Gasteiger partial charge in [-0.05, 0) is 57.3 Å². The summed E-state index contributed by atoms with van der Waals surface area (Å²) in [5.74, 6) is -5.05. The summed E-state index contributed by atoms with van der Waals surface area (Å²) < 4.78 is 11.5. The molecule has 0 bridgehead atoms. The number of ether oxygens (including phenoxy) is 1. The second-order valence-corrected chi connectivity index (χ2v) is 15.4. The van der Waals surface area contributed by atoms with Crippen molar-refractivity contribution >= 4 is 22.5 Å². The molecule has 1 heterocycles. The molecule has 47 heavy (non-hydrogen) atoms. The van der Waals surface area contributed by atoms with Crippen LogP contribution in [-0.4, -0.2) is 72.7 Å². The fraction of sp³-hybridized carbons (Fsp3) is 0.583. The molecule has 4 aliphatic rings. The number of methoxy groups -OCH3 is 1. The first-order valence-corrected chi connectivity index (χ1v) is 16.1. The van der Waals surface area contributed by atoms with Crippen molar-refractivity contribution in [2.75, 3.05) is 7.11 Å². The maximum Gasteiger partial charge on any atom is 0.202 e. The van der Waals surface area contributed by atoms with Gasteiger partial charge in [0.15, 0.2) is 17.0 Å². The van der Waals surface area contributed by atoms with Crippen molar-refractivity contribution in [2.45, 2.75) is 95.5 Å². The number of ketones is 2. The Bertz CT molecular complexity index is 1800. The van der Waals surface area contributed by atoms with Gasteiger partial charge in [0, 0.05) is 41.5 Å². The van der Waals surface area contributed by atoms with Crippen LogP contribution >= 0.6 is 0 Å². The van der Waals surface area contributed by atoms with Crippen LogP contribution in [0.5, 0.6) is 11.5 Å². The van der Waals surface area contributed by atoms with E-state index in [1.807, 2.05) is 13.8 Å². The molecule has 2 aromatic rings. The zero-order valence-electron chi connectivity index (χ0n) is 27.5. The highest BCUT2D eigenvalue weighted by Crippen LogP contribution is 2.67. The van der Waals surface area contributed by atoms with E-state index in [1.54, 1.807) is 19.9 Å². The van der Waals surface area contributed by atoms with Crippen molar-refractivity contribution in [1.82, 2.24) is 0 Å². The number of aliphatic hydroxyl groups excluding tert-OH is 2. The summed E-state index contributed by atoms with van der Waals surface area (Å²) in [7, 11) is 1.27. The van der Waals surface area contributed by atoms with Gasteiger partial charge in [0.05, 0.1) is 19.3 Å². The maximum atomic E-state index is 14.7. The highest BCUT2D eigenvalue weighted by molar-refractivity contribution is 6.14.